The van der Waals surface area contributed by atoms with Crippen LogP contribution in [0.1, 0.15) is 36.1 Å². The van der Waals surface area contributed by atoms with E-state index < -0.39 is 0 Å². The number of hydrogen-bond donors (Lipinski definition) is 0. The number of aryl methyl sites for hydroxylation is 1. The Bertz CT molecular complexity index is 965. The molecule has 0 saturated heterocycles. The van der Waals surface area contributed by atoms with E-state index in [4.69, 9.17) is 0 Å². The third-order valence-electron chi connectivity index (χ3n) is 5.55. The van der Waals surface area contributed by atoms with Gasteiger partial charge in [0, 0.05) is 0 Å². The molecule has 0 amide bonds. The molecule has 1 aliphatic carbocycles. The lowest BCUT2D eigenvalue weighted by molar-refractivity contribution is 0.753. The van der Waals surface area contributed by atoms with Crippen molar-refractivity contribution in [1.82, 2.24) is 0 Å². The van der Waals surface area contributed by atoms with Gasteiger partial charge in [-0.3, -0.25) is 0 Å². The first kappa shape index (κ1) is 15.2. The van der Waals surface area contributed by atoms with Crippen LogP contribution in [-0.2, 0) is 6.42 Å². The summed E-state index contributed by atoms with van der Waals surface area (Å²) in [6.45, 7) is 9.13. The second-order valence-corrected chi connectivity index (χ2v) is 7.34. The predicted molar refractivity (Wildman–Crippen MR) is 105 cm³/mol. The van der Waals surface area contributed by atoms with Crippen molar-refractivity contribution in [2.24, 2.45) is 5.92 Å². The fraction of sp³-hybridized carbons (Fsp3) is 0.250. The lowest BCUT2D eigenvalue weighted by Gasteiger charge is -2.15. The number of rotatable bonds is 2. The van der Waals surface area contributed by atoms with Crippen molar-refractivity contribution >= 4 is 16.8 Å². The van der Waals surface area contributed by atoms with Crippen molar-refractivity contribution in [1.29, 1.82) is 0 Å². The second-order valence-electron chi connectivity index (χ2n) is 7.34. The Labute approximate surface area is 144 Å². The van der Waals surface area contributed by atoms with Gasteiger partial charge in [0.2, 0.25) is 0 Å². The van der Waals surface area contributed by atoms with Gasteiger partial charge in [0.15, 0.2) is 0 Å². The topological polar surface area (TPSA) is 0 Å². The quantitative estimate of drug-likeness (QED) is 0.492. The first-order chi connectivity index (χ1) is 11.6. The average Bonchev–Trinajstić information content (AvgIpc) is 3.04. The minimum absolute atomic E-state index is 0.609. The first-order valence-electron chi connectivity index (χ1n) is 8.88. The summed E-state index contributed by atoms with van der Waals surface area (Å²) in [6, 6.07) is 17.8. The molecule has 0 bridgehead atoms. The smallest absolute Gasteiger partial charge is 0.00523 e. The standard InChI is InChI=1S/C24H24/c1-15(2)19-13-22-17(4)16(3)12-23(24(22)14-19)21-11-7-9-18-8-5-6-10-20(18)21/h5-12,14-15H,13H2,1-4H3. The lowest BCUT2D eigenvalue weighted by atomic mass is 9.88. The Morgan fingerprint density at radius 1 is 0.875 bits per heavy atom. The maximum atomic E-state index is 2.45. The third kappa shape index (κ3) is 2.29. The predicted octanol–water partition coefficient (Wildman–Crippen LogP) is 6.72. The second kappa shape index (κ2) is 5.63. The summed E-state index contributed by atoms with van der Waals surface area (Å²) in [6.07, 6.45) is 3.56. The van der Waals surface area contributed by atoms with E-state index in [1.807, 2.05) is 0 Å². The minimum atomic E-state index is 0.609. The average molecular weight is 312 g/mol. The van der Waals surface area contributed by atoms with Crippen LogP contribution in [0.5, 0.6) is 0 Å². The van der Waals surface area contributed by atoms with Crippen LogP contribution in [0.25, 0.3) is 28.0 Å². The number of benzene rings is 3. The van der Waals surface area contributed by atoms with Crippen LogP contribution in [0.3, 0.4) is 0 Å². The maximum absolute atomic E-state index is 2.45. The van der Waals surface area contributed by atoms with Crippen molar-refractivity contribution in [2.75, 3.05) is 0 Å². The van der Waals surface area contributed by atoms with Gasteiger partial charge >= 0.3 is 0 Å². The zero-order valence-electron chi connectivity index (χ0n) is 15.0. The zero-order valence-corrected chi connectivity index (χ0v) is 15.0. The van der Waals surface area contributed by atoms with Gasteiger partial charge in [0.05, 0.1) is 0 Å². The molecule has 0 spiro atoms. The van der Waals surface area contributed by atoms with Gasteiger partial charge < -0.3 is 0 Å². The lowest BCUT2D eigenvalue weighted by Crippen LogP contribution is -1.98. The molecule has 3 aromatic carbocycles. The van der Waals surface area contributed by atoms with E-state index in [1.165, 1.54) is 44.2 Å². The van der Waals surface area contributed by atoms with E-state index >= 15 is 0 Å². The maximum Gasteiger partial charge on any atom is -0.00523 e. The van der Waals surface area contributed by atoms with E-state index in [0.29, 0.717) is 5.92 Å². The molecule has 0 unspecified atom stereocenters. The largest absolute Gasteiger partial charge is 0.0626 e. The zero-order chi connectivity index (χ0) is 16.8. The Morgan fingerprint density at radius 3 is 2.42 bits per heavy atom. The van der Waals surface area contributed by atoms with Crippen LogP contribution < -0.4 is 0 Å². The highest BCUT2D eigenvalue weighted by Gasteiger charge is 2.22. The Morgan fingerprint density at radius 2 is 1.62 bits per heavy atom. The SMILES string of the molecule is Cc1cc(-c2cccc3ccccc23)c2c(c1C)CC(C(C)C)=C2. The van der Waals surface area contributed by atoms with Gasteiger partial charge in [-0.15, -0.1) is 0 Å². The van der Waals surface area contributed by atoms with E-state index in [9.17, 15) is 0 Å². The first-order valence-corrected chi connectivity index (χ1v) is 8.88. The van der Waals surface area contributed by atoms with E-state index in [2.05, 4.69) is 82.3 Å². The van der Waals surface area contributed by atoms with Crippen LogP contribution in [0, 0.1) is 19.8 Å². The van der Waals surface area contributed by atoms with E-state index in [-0.39, 0.29) is 0 Å². The summed E-state index contributed by atoms with van der Waals surface area (Å²) in [5.41, 5.74) is 10.1. The molecule has 0 heterocycles. The summed E-state index contributed by atoms with van der Waals surface area (Å²) in [5.74, 6) is 0.609. The molecular formula is C24H24. The van der Waals surface area contributed by atoms with Crippen LogP contribution >= 0.6 is 0 Å². The molecule has 3 aromatic rings. The van der Waals surface area contributed by atoms with Gasteiger partial charge in [0.25, 0.3) is 0 Å². The monoisotopic (exact) mass is 312 g/mol. The molecule has 120 valence electrons. The molecule has 0 heteroatoms. The number of allylic oxidation sites excluding steroid dienone is 1. The van der Waals surface area contributed by atoms with Gasteiger partial charge in [-0.25, -0.2) is 0 Å². The highest BCUT2D eigenvalue weighted by molar-refractivity contribution is 5.99. The van der Waals surface area contributed by atoms with Gasteiger partial charge in [-0.05, 0) is 70.3 Å². The van der Waals surface area contributed by atoms with Crippen LogP contribution in [0.15, 0.2) is 54.1 Å². The van der Waals surface area contributed by atoms with Gasteiger partial charge in [-0.1, -0.05) is 74.0 Å². The summed E-state index contributed by atoms with van der Waals surface area (Å²) >= 11 is 0. The van der Waals surface area contributed by atoms with Crippen LogP contribution in [-0.4, -0.2) is 0 Å². The highest BCUT2D eigenvalue weighted by Crippen LogP contribution is 2.41. The van der Waals surface area contributed by atoms with Crippen molar-refractivity contribution < 1.29 is 0 Å². The Kier molecular flexibility index (Phi) is 3.57. The summed E-state index contributed by atoms with van der Waals surface area (Å²) in [4.78, 5) is 0. The van der Waals surface area contributed by atoms with Crippen molar-refractivity contribution in [3.05, 3.63) is 76.4 Å². The van der Waals surface area contributed by atoms with Crippen LogP contribution in [0.4, 0.5) is 0 Å². The minimum Gasteiger partial charge on any atom is -0.0626 e. The number of hydrogen-bond acceptors (Lipinski definition) is 0. The summed E-state index contributed by atoms with van der Waals surface area (Å²) in [7, 11) is 0. The molecule has 24 heavy (non-hydrogen) atoms. The van der Waals surface area contributed by atoms with E-state index in [0.717, 1.165) is 6.42 Å². The molecule has 4 rings (SSSR count). The Balaban J connectivity index is 2.03. The third-order valence-corrected chi connectivity index (χ3v) is 5.55. The molecule has 0 radical (unpaired) electrons. The van der Waals surface area contributed by atoms with E-state index in [1.54, 1.807) is 5.57 Å². The summed E-state index contributed by atoms with van der Waals surface area (Å²) in [5, 5.41) is 2.66. The van der Waals surface area contributed by atoms with Crippen molar-refractivity contribution in [2.45, 2.75) is 34.1 Å². The number of fused-ring (bicyclic) bond motifs is 2. The highest BCUT2D eigenvalue weighted by atomic mass is 14.3. The molecule has 0 nitrogen and oxygen atoms in total. The molecular weight excluding hydrogens is 288 g/mol. The fourth-order valence-electron chi connectivity index (χ4n) is 3.89. The van der Waals surface area contributed by atoms with Gasteiger partial charge in [-0.2, -0.15) is 0 Å². The normalized spacial score (nSPS) is 13.5. The molecule has 0 N–H and O–H groups in total. The molecule has 0 fully saturated rings. The molecule has 0 aromatic heterocycles. The summed E-state index contributed by atoms with van der Waals surface area (Å²) < 4.78 is 0. The Hall–Kier alpha value is -2.34. The molecule has 0 aliphatic heterocycles. The van der Waals surface area contributed by atoms with Crippen LogP contribution in [0.2, 0.25) is 0 Å². The fourth-order valence-corrected chi connectivity index (χ4v) is 3.89. The molecule has 1 aliphatic rings. The molecule has 0 atom stereocenters. The van der Waals surface area contributed by atoms with Gasteiger partial charge in [0.1, 0.15) is 0 Å². The van der Waals surface area contributed by atoms with Crippen molar-refractivity contribution in [3.63, 3.8) is 0 Å². The molecule has 0 saturated carbocycles. The van der Waals surface area contributed by atoms with Crippen molar-refractivity contribution in [3.8, 4) is 11.1 Å².